The molecule has 0 spiro atoms. The van der Waals surface area contributed by atoms with Crippen LogP contribution in [0.5, 0.6) is 0 Å². The van der Waals surface area contributed by atoms with Crippen molar-refractivity contribution < 1.29 is 33.2 Å². The lowest BCUT2D eigenvalue weighted by Crippen LogP contribution is -2.99. The molecule has 3 atom stereocenters. The summed E-state index contributed by atoms with van der Waals surface area (Å²) >= 11 is 0. The van der Waals surface area contributed by atoms with Crippen LogP contribution in [0.1, 0.15) is 29.5 Å². The molecule has 1 aliphatic heterocycles. The van der Waals surface area contributed by atoms with Gasteiger partial charge in [-0.3, -0.25) is 4.90 Å². The van der Waals surface area contributed by atoms with E-state index in [4.69, 9.17) is 9.73 Å². The quantitative estimate of drug-likeness (QED) is 0.527. The molecule has 1 aliphatic rings. The number of β-amino-alcohol motifs (C(OH)–C–C–N with tert-alkyl or cyclic N) is 1. The molecule has 0 saturated carbocycles. The smallest absolute Gasteiger partial charge is 0.416 e. The van der Waals surface area contributed by atoms with Gasteiger partial charge in [0.25, 0.3) is 0 Å². The van der Waals surface area contributed by atoms with E-state index in [-0.39, 0.29) is 23.4 Å². The van der Waals surface area contributed by atoms with E-state index >= 15 is 0 Å². The zero-order valence-electron chi connectivity index (χ0n) is 16.1. The number of quaternary nitrogens is 1. The van der Waals surface area contributed by atoms with Gasteiger partial charge in [0.15, 0.2) is 5.69 Å². The van der Waals surface area contributed by atoms with E-state index in [1.807, 2.05) is 4.90 Å². The fourth-order valence-corrected chi connectivity index (χ4v) is 3.59. The van der Waals surface area contributed by atoms with Gasteiger partial charge < -0.3 is 14.8 Å². The first kappa shape index (κ1) is 21.4. The fraction of sp³-hybridized carbons (Fsp3) is 0.300. The second-order valence-corrected chi connectivity index (χ2v) is 7.37. The predicted octanol–water partition coefficient (Wildman–Crippen LogP) is 2.47. The first-order chi connectivity index (χ1) is 14.7. The number of likely N-dealkylation sites (tertiary alicyclic amines) is 1. The van der Waals surface area contributed by atoms with Gasteiger partial charge in [0.05, 0.1) is 17.7 Å². The van der Waals surface area contributed by atoms with Crippen molar-refractivity contribution in [3.05, 3.63) is 70.8 Å². The number of aliphatic hydroxyl groups is 1. The number of alkyl halides is 3. The Morgan fingerprint density at radius 3 is 2.42 bits per heavy atom. The van der Waals surface area contributed by atoms with Crippen molar-refractivity contribution in [3.8, 4) is 11.4 Å². The van der Waals surface area contributed by atoms with Gasteiger partial charge in [-0.2, -0.15) is 23.4 Å². The predicted molar refractivity (Wildman–Crippen MR) is 101 cm³/mol. The molecule has 1 aromatic heterocycles. The number of aliphatic hydroxyl groups excluding tert-OH is 1. The summed E-state index contributed by atoms with van der Waals surface area (Å²) in [5, 5.41) is 33.0. The van der Waals surface area contributed by atoms with Gasteiger partial charge in [0.1, 0.15) is 0 Å². The van der Waals surface area contributed by atoms with E-state index in [0.29, 0.717) is 25.1 Å². The normalized spacial score (nSPS) is 20.8. The van der Waals surface area contributed by atoms with Gasteiger partial charge in [0.2, 0.25) is 11.7 Å². The molecule has 0 amide bonds. The van der Waals surface area contributed by atoms with Crippen LogP contribution in [0.25, 0.3) is 11.4 Å². The van der Waals surface area contributed by atoms with Crippen molar-refractivity contribution in [1.82, 2.24) is 15.0 Å². The van der Waals surface area contributed by atoms with Crippen molar-refractivity contribution in [2.75, 3.05) is 6.54 Å². The Kier molecular flexibility index (Phi) is 5.77. The lowest BCUT2D eigenvalue weighted by molar-refractivity contribution is -0.991. The van der Waals surface area contributed by atoms with Gasteiger partial charge in [-0.25, -0.2) is 5.21 Å². The maximum absolute atomic E-state index is 12.7. The van der Waals surface area contributed by atoms with E-state index in [1.165, 1.54) is 24.3 Å². The molecular formula is C20H19F3N4O4. The van der Waals surface area contributed by atoms with Gasteiger partial charge in [-0.05, 0) is 24.1 Å². The van der Waals surface area contributed by atoms with Crippen LogP contribution in [0.15, 0.2) is 53.1 Å². The zero-order chi connectivity index (χ0) is 22.2. The Bertz CT molecular complexity index is 1020. The number of halogens is 3. The molecule has 3 N–H and O–H groups in total. The Morgan fingerprint density at radius 2 is 1.81 bits per heavy atom. The SMILES string of the molecule is [O-][NH+](O)c1ccc(CN2C[C@H](O)C[C@H]2c2nc(-c3ccc(C(F)(F)F)cc3)no2)cc1. The molecule has 2 heterocycles. The van der Waals surface area contributed by atoms with Crippen LogP contribution < -0.4 is 5.23 Å². The third kappa shape index (κ3) is 4.75. The van der Waals surface area contributed by atoms with Crippen LogP contribution in [0.3, 0.4) is 0 Å². The summed E-state index contributed by atoms with van der Waals surface area (Å²) in [5.74, 6) is 0.421. The third-order valence-corrected chi connectivity index (χ3v) is 5.17. The van der Waals surface area contributed by atoms with E-state index in [9.17, 15) is 23.5 Å². The molecule has 1 unspecified atom stereocenters. The van der Waals surface area contributed by atoms with E-state index < -0.39 is 23.1 Å². The standard InChI is InChI=1S/C20H19F3N4O4/c21-20(22,23)14-5-3-13(4-6-14)18-24-19(31-25-18)17-9-16(28)11-26(17)10-12-1-7-15(8-2-12)27(29)30/h1-8,16-17,27-29H,9-11H2/t16-,17+/m1/s1. The largest absolute Gasteiger partial charge is 0.595 e. The molecule has 1 saturated heterocycles. The van der Waals surface area contributed by atoms with Crippen molar-refractivity contribution in [1.29, 1.82) is 0 Å². The van der Waals surface area contributed by atoms with Crippen molar-refractivity contribution in [3.63, 3.8) is 0 Å². The number of nitrogens with one attached hydrogen (secondary N) is 1. The zero-order valence-corrected chi connectivity index (χ0v) is 16.1. The summed E-state index contributed by atoms with van der Waals surface area (Å²) in [5.41, 5.74) is 0.655. The highest BCUT2D eigenvalue weighted by molar-refractivity contribution is 5.54. The maximum atomic E-state index is 12.7. The molecule has 0 radical (unpaired) electrons. The van der Waals surface area contributed by atoms with E-state index in [0.717, 1.165) is 17.7 Å². The first-order valence-corrected chi connectivity index (χ1v) is 9.46. The van der Waals surface area contributed by atoms with Gasteiger partial charge in [-0.15, -0.1) is 0 Å². The van der Waals surface area contributed by atoms with Crippen molar-refractivity contribution in [2.45, 2.75) is 31.3 Å². The Balaban J connectivity index is 1.51. The molecule has 1 fully saturated rings. The van der Waals surface area contributed by atoms with Crippen LogP contribution in [0, 0.1) is 5.21 Å². The molecule has 8 nitrogen and oxygen atoms in total. The number of hydrogen-bond acceptors (Lipinski definition) is 7. The summed E-state index contributed by atoms with van der Waals surface area (Å²) in [6.07, 6.45) is -4.67. The summed E-state index contributed by atoms with van der Waals surface area (Å²) in [7, 11) is 0. The summed E-state index contributed by atoms with van der Waals surface area (Å²) in [6.45, 7) is 0.795. The minimum atomic E-state index is -4.43. The van der Waals surface area contributed by atoms with Gasteiger partial charge >= 0.3 is 6.18 Å². The number of nitrogens with zero attached hydrogens (tertiary/aromatic N) is 3. The molecule has 0 bridgehead atoms. The average Bonchev–Trinajstić information content (AvgIpc) is 3.34. The highest BCUT2D eigenvalue weighted by Crippen LogP contribution is 2.34. The monoisotopic (exact) mass is 436 g/mol. The molecular weight excluding hydrogens is 417 g/mol. The number of benzene rings is 2. The molecule has 4 rings (SSSR count). The van der Waals surface area contributed by atoms with Crippen LogP contribution >= 0.6 is 0 Å². The van der Waals surface area contributed by atoms with E-state index in [1.54, 1.807) is 12.1 Å². The molecule has 2 aromatic carbocycles. The van der Waals surface area contributed by atoms with Crippen LogP contribution in [0.2, 0.25) is 0 Å². The topological polar surface area (TPSA) is 110 Å². The minimum Gasteiger partial charge on any atom is -0.595 e. The Labute approximate surface area is 174 Å². The molecule has 31 heavy (non-hydrogen) atoms. The number of rotatable bonds is 5. The third-order valence-electron chi connectivity index (χ3n) is 5.17. The highest BCUT2D eigenvalue weighted by atomic mass is 19.4. The molecule has 0 aliphatic carbocycles. The summed E-state index contributed by atoms with van der Waals surface area (Å²) < 4.78 is 43.6. The second-order valence-electron chi connectivity index (χ2n) is 7.37. The molecule has 11 heteroatoms. The van der Waals surface area contributed by atoms with Gasteiger partial charge in [-0.1, -0.05) is 29.4 Å². The van der Waals surface area contributed by atoms with E-state index in [2.05, 4.69) is 10.1 Å². The lowest BCUT2D eigenvalue weighted by Gasteiger charge is -2.21. The Hall–Kier alpha value is -2.83. The number of aromatic nitrogens is 2. The van der Waals surface area contributed by atoms with Crippen molar-refractivity contribution >= 4 is 5.69 Å². The second kappa shape index (κ2) is 8.36. The lowest BCUT2D eigenvalue weighted by atomic mass is 10.1. The van der Waals surface area contributed by atoms with Crippen LogP contribution in [0.4, 0.5) is 18.9 Å². The number of hydrogen-bond donors (Lipinski definition) is 3. The minimum absolute atomic E-state index is 0.163. The van der Waals surface area contributed by atoms with Crippen LogP contribution in [-0.2, 0) is 12.7 Å². The first-order valence-electron chi connectivity index (χ1n) is 9.46. The fourth-order valence-electron chi connectivity index (χ4n) is 3.59. The van der Waals surface area contributed by atoms with Gasteiger partial charge in [0, 0.05) is 30.8 Å². The molecule has 164 valence electrons. The summed E-state index contributed by atoms with van der Waals surface area (Å²) in [6, 6.07) is 10.5. The maximum Gasteiger partial charge on any atom is 0.416 e. The average molecular weight is 436 g/mol. The van der Waals surface area contributed by atoms with Crippen molar-refractivity contribution in [2.24, 2.45) is 0 Å². The highest BCUT2D eigenvalue weighted by Gasteiger charge is 2.36. The Morgan fingerprint density at radius 1 is 1.13 bits per heavy atom. The van der Waals surface area contributed by atoms with Crippen LogP contribution in [-0.4, -0.2) is 38.0 Å². The summed E-state index contributed by atoms with van der Waals surface area (Å²) in [4.78, 5) is 6.26. The molecule has 3 aromatic rings.